The molecule has 0 radical (unpaired) electrons. The second kappa shape index (κ2) is 5.65. The smallest absolute Gasteiger partial charge is 0.239 e. The second-order valence-corrected chi connectivity index (χ2v) is 6.44. The molecular formula is C16H21ClN2O. The number of amides is 1. The van der Waals surface area contributed by atoms with Crippen LogP contribution in [-0.2, 0) is 4.79 Å². The van der Waals surface area contributed by atoms with Crippen molar-refractivity contribution in [2.75, 3.05) is 11.9 Å². The number of nitrogens with one attached hydrogen (secondary N) is 2. The maximum atomic E-state index is 12.1. The molecule has 0 heterocycles. The fourth-order valence-corrected chi connectivity index (χ4v) is 2.92. The lowest BCUT2D eigenvalue weighted by molar-refractivity contribution is -0.120. The lowest BCUT2D eigenvalue weighted by atomic mass is 10.1. The number of benzene rings is 1. The van der Waals surface area contributed by atoms with E-state index in [4.69, 9.17) is 11.6 Å². The minimum Gasteiger partial charge on any atom is -0.376 e. The van der Waals surface area contributed by atoms with Crippen LogP contribution in [0.25, 0.3) is 0 Å². The Kier molecular flexibility index (Phi) is 3.88. The van der Waals surface area contributed by atoms with Crippen LogP contribution in [0.15, 0.2) is 18.2 Å². The summed E-state index contributed by atoms with van der Waals surface area (Å²) in [6.07, 6.45) is 5.12. The molecule has 2 aliphatic carbocycles. The SMILES string of the molecule is Cc1c(Cl)cccc1NCC(=O)NC(C1CC1)C1CC1. The lowest BCUT2D eigenvalue weighted by Gasteiger charge is -2.18. The Morgan fingerprint density at radius 2 is 1.95 bits per heavy atom. The first kappa shape index (κ1) is 13.7. The van der Waals surface area contributed by atoms with Gasteiger partial charge in [-0.15, -0.1) is 0 Å². The molecule has 0 aliphatic heterocycles. The largest absolute Gasteiger partial charge is 0.376 e. The van der Waals surface area contributed by atoms with Crippen molar-refractivity contribution in [3.63, 3.8) is 0 Å². The third-order valence-electron chi connectivity index (χ3n) is 4.29. The van der Waals surface area contributed by atoms with Crippen molar-refractivity contribution in [2.24, 2.45) is 11.8 Å². The summed E-state index contributed by atoms with van der Waals surface area (Å²) in [4.78, 5) is 12.1. The zero-order valence-electron chi connectivity index (χ0n) is 11.8. The number of anilines is 1. The molecule has 0 saturated heterocycles. The molecule has 2 saturated carbocycles. The highest BCUT2D eigenvalue weighted by Crippen LogP contribution is 2.44. The van der Waals surface area contributed by atoms with Gasteiger partial charge in [0.15, 0.2) is 0 Å². The van der Waals surface area contributed by atoms with Crippen LogP contribution in [0, 0.1) is 18.8 Å². The quantitative estimate of drug-likeness (QED) is 0.844. The number of carbonyl (C=O) groups is 1. The van der Waals surface area contributed by atoms with E-state index in [1.54, 1.807) is 0 Å². The molecular weight excluding hydrogens is 272 g/mol. The van der Waals surface area contributed by atoms with Crippen molar-refractivity contribution in [3.05, 3.63) is 28.8 Å². The monoisotopic (exact) mass is 292 g/mol. The molecule has 0 spiro atoms. The molecule has 1 aromatic carbocycles. The van der Waals surface area contributed by atoms with Gasteiger partial charge < -0.3 is 10.6 Å². The summed E-state index contributed by atoms with van der Waals surface area (Å²) < 4.78 is 0. The summed E-state index contributed by atoms with van der Waals surface area (Å²) in [5.74, 6) is 1.56. The Morgan fingerprint density at radius 1 is 1.30 bits per heavy atom. The lowest BCUT2D eigenvalue weighted by Crippen LogP contribution is -2.41. The molecule has 1 aromatic rings. The molecule has 0 unspecified atom stereocenters. The Bertz CT molecular complexity index is 497. The molecule has 2 aliphatic rings. The highest BCUT2D eigenvalue weighted by atomic mass is 35.5. The second-order valence-electron chi connectivity index (χ2n) is 6.03. The summed E-state index contributed by atoms with van der Waals surface area (Å²) in [6.45, 7) is 2.27. The molecule has 108 valence electrons. The van der Waals surface area contributed by atoms with Crippen LogP contribution in [0.4, 0.5) is 5.69 Å². The van der Waals surface area contributed by atoms with Crippen molar-refractivity contribution in [1.82, 2.24) is 5.32 Å². The molecule has 1 amide bonds. The van der Waals surface area contributed by atoms with E-state index in [2.05, 4.69) is 10.6 Å². The van der Waals surface area contributed by atoms with Gasteiger partial charge in [-0.1, -0.05) is 17.7 Å². The Labute approximate surface area is 125 Å². The number of halogens is 1. The normalized spacial score (nSPS) is 18.1. The van der Waals surface area contributed by atoms with Crippen LogP contribution in [0.2, 0.25) is 5.02 Å². The average molecular weight is 293 g/mol. The minimum atomic E-state index is 0.0909. The molecule has 3 nitrogen and oxygen atoms in total. The van der Waals surface area contributed by atoms with E-state index < -0.39 is 0 Å². The van der Waals surface area contributed by atoms with E-state index in [-0.39, 0.29) is 5.91 Å². The van der Waals surface area contributed by atoms with E-state index >= 15 is 0 Å². The van der Waals surface area contributed by atoms with Gasteiger partial charge in [0.2, 0.25) is 5.91 Å². The standard InChI is InChI=1S/C16H21ClN2O/c1-10-13(17)3-2-4-14(10)18-9-15(20)19-16(11-5-6-11)12-7-8-12/h2-4,11-12,16,18H,5-9H2,1H3,(H,19,20). The van der Waals surface area contributed by atoms with Crippen LogP contribution in [0.1, 0.15) is 31.2 Å². The molecule has 3 rings (SSSR count). The van der Waals surface area contributed by atoms with Gasteiger partial charge in [0.25, 0.3) is 0 Å². The van der Waals surface area contributed by atoms with Crippen LogP contribution >= 0.6 is 11.6 Å². The van der Waals surface area contributed by atoms with Crippen LogP contribution in [0.3, 0.4) is 0 Å². The molecule has 0 bridgehead atoms. The Morgan fingerprint density at radius 3 is 2.55 bits per heavy atom. The molecule has 2 fully saturated rings. The van der Waals surface area contributed by atoms with Gasteiger partial charge in [-0.05, 0) is 62.1 Å². The molecule has 2 N–H and O–H groups in total. The van der Waals surface area contributed by atoms with Gasteiger partial charge in [-0.25, -0.2) is 0 Å². The zero-order chi connectivity index (χ0) is 14.1. The first-order valence-electron chi connectivity index (χ1n) is 7.43. The zero-order valence-corrected chi connectivity index (χ0v) is 12.5. The first-order chi connectivity index (χ1) is 9.65. The number of carbonyl (C=O) groups excluding carboxylic acids is 1. The van der Waals surface area contributed by atoms with Gasteiger partial charge in [0.1, 0.15) is 0 Å². The summed E-state index contributed by atoms with van der Waals surface area (Å²) in [5, 5.41) is 7.12. The van der Waals surface area contributed by atoms with E-state index in [9.17, 15) is 4.79 Å². The number of hydrogen-bond acceptors (Lipinski definition) is 2. The summed E-state index contributed by atoms with van der Waals surface area (Å²) in [7, 11) is 0. The van der Waals surface area contributed by atoms with Crippen molar-refractivity contribution in [1.29, 1.82) is 0 Å². The number of hydrogen-bond donors (Lipinski definition) is 2. The number of rotatable bonds is 6. The van der Waals surface area contributed by atoms with Crippen molar-refractivity contribution in [2.45, 2.75) is 38.6 Å². The molecule has 4 heteroatoms. The fraction of sp³-hybridized carbons (Fsp3) is 0.562. The minimum absolute atomic E-state index is 0.0909. The van der Waals surface area contributed by atoms with E-state index in [0.29, 0.717) is 12.6 Å². The van der Waals surface area contributed by atoms with E-state index in [1.165, 1.54) is 25.7 Å². The van der Waals surface area contributed by atoms with E-state index in [1.807, 2.05) is 25.1 Å². The van der Waals surface area contributed by atoms with E-state index in [0.717, 1.165) is 28.1 Å². The summed E-state index contributed by atoms with van der Waals surface area (Å²) in [6, 6.07) is 6.13. The molecule has 0 atom stereocenters. The van der Waals surface area contributed by atoms with Gasteiger partial charge in [0.05, 0.1) is 6.54 Å². The topological polar surface area (TPSA) is 41.1 Å². The van der Waals surface area contributed by atoms with Crippen molar-refractivity contribution >= 4 is 23.2 Å². The first-order valence-corrected chi connectivity index (χ1v) is 7.81. The predicted molar refractivity (Wildman–Crippen MR) is 82.1 cm³/mol. The van der Waals surface area contributed by atoms with Gasteiger partial charge in [-0.3, -0.25) is 4.79 Å². The van der Waals surface area contributed by atoms with Crippen LogP contribution < -0.4 is 10.6 Å². The van der Waals surface area contributed by atoms with Gasteiger partial charge in [-0.2, -0.15) is 0 Å². The third-order valence-corrected chi connectivity index (χ3v) is 4.70. The Balaban J connectivity index is 1.52. The fourth-order valence-electron chi connectivity index (χ4n) is 2.74. The maximum Gasteiger partial charge on any atom is 0.239 e. The third kappa shape index (κ3) is 3.26. The van der Waals surface area contributed by atoms with Crippen molar-refractivity contribution < 1.29 is 4.79 Å². The summed E-state index contributed by atoms with van der Waals surface area (Å²) in [5.41, 5.74) is 1.92. The maximum absolute atomic E-state index is 12.1. The van der Waals surface area contributed by atoms with Crippen LogP contribution in [-0.4, -0.2) is 18.5 Å². The van der Waals surface area contributed by atoms with Crippen LogP contribution in [0.5, 0.6) is 0 Å². The molecule has 0 aromatic heterocycles. The van der Waals surface area contributed by atoms with Gasteiger partial charge in [0, 0.05) is 16.8 Å². The highest BCUT2D eigenvalue weighted by Gasteiger charge is 2.42. The predicted octanol–water partition coefficient (Wildman–Crippen LogP) is 3.37. The Hall–Kier alpha value is -1.22. The average Bonchev–Trinajstić information content (AvgIpc) is 3.28. The molecule has 20 heavy (non-hydrogen) atoms. The van der Waals surface area contributed by atoms with Crippen molar-refractivity contribution in [3.8, 4) is 0 Å². The van der Waals surface area contributed by atoms with Gasteiger partial charge >= 0.3 is 0 Å². The highest BCUT2D eigenvalue weighted by molar-refractivity contribution is 6.31. The summed E-state index contributed by atoms with van der Waals surface area (Å²) >= 11 is 6.07.